The maximum atomic E-state index is 13.5. The highest BCUT2D eigenvalue weighted by atomic mass is 35.5. The van der Waals surface area contributed by atoms with Crippen LogP contribution < -0.4 is 5.32 Å². The molecule has 1 atom stereocenters. The molecule has 0 spiro atoms. The van der Waals surface area contributed by atoms with Crippen LogP contribution in [-0.4, -0.2) is 29.3 Å². The number of nitrogens with one attached hydrogen (secondary N) is 1. The first kappa shape index (κ1) is 23.6. The monoisotopic (exact) mass is 448 g/mol. The van der Waals surface area contributed by atoms with Gasteiger partial charge in [-0.05, 0) is 42.7 Å². The number of hydrogen-bond acceptors (Lipinski definition) is 2. The average molecular weight is 449 g/mol. The molecule has 2 amide bonds. The summed E-state index contributed by atoms with van der Waals surface area (Å²) < 4.78 is 0. The van der Waals surface area contributed by atoms with Gasteiger partial charge in [0, 0.05) is 24.5 Å². The number of halogens is 1. The van der Waals surface area contributed by atoms with Gasteiger partial charge in [-0.1, -0.05) is 83.9 Å². The standard InChI is InChI=1S/C27H29ClN2O2/c1-3-29-27(32)25(17-21-7-5-4-6-8-21)30(19-23-13-15-24(28)16-14-23)26(31)18-22-11-9-20(2)10-12-22/h4-16,25H,3,17-19H2,1-2H3,(H,29,32)/t25-/m1/s1. The predicted octanol–water partition coefficient (Wildman–Crippen LogP) is 4.97. The van der Waals surface area contributed by atoms with E-state index in [-0.39, 0.29) is 18.2 Å². The number of carbonyl (C=O) groups is 2. The van der Waals surface area contributed by atoms with Crippen molar-refractivity contribution in [3.63, 3.8) is 0 Å². The molecule has 0 aliphatic carbocycles. The summed E-state index contributed by atoms with van der Waals surface area (Å²) in [5, 5.41) is 3.55. The van der Waals surface area contributed by atoms with Crippen molar-refractivity contribution in [3.05, 3.63) is 106 Å². The van der Waals surface area contributed by atoms with Crippen LogP contribution in [0.25, 0.3) is 0 Å². The molecule has 5 heteroatoms. The van der Waals surface area contributed by atoms with E-state index < -0.39 is 6.04 Å². The van der Waals surface area contributed by atoms with E-state index in [1.165, 1.54) is 0 Å². The molecule has 32 heavy (non-hydrogen) atoms. The summed E-state index contributed by atoms with van der Waals surface area (Å²) in [4.78, 5) is 28.3. The summed E-state index contributed by atoms with van der Waals surface area (Å²) in [7, 11) is 0. The molecular formula is C27H29ClN2O2. The molecule has 0 aliphatic heterocycles. The van der Waals surface area contributed by atoms with E-state index in [9.17, 15) is 9.59 Å². The van der Waals surface area contributed by atoms with E-state index in [1.807, 2.05) is 80.6 Å². The molecule has 0 radical (unpaired) electrons. The second-order valence-corrected chi connectivity index (χ2v) is 8.35. The van der Waals surface area contributed by atoms with Crippen molar-refractivity contribution in [1.29, 1.82) is 0 Å². The van der Waals surface area contributed by atoms with Crippen LogP contribution in [0.4, 0.5) is 0 Å². The van der Waals surface area contributed by atoms with Gasteiger partial charge < -0.3 is 10.2 Å². The minimum absolute atomic E-state index is 0.0870. The highest BCUT2D eigenvalue weighted by Gasteiger charge is 2.30. The molecule has 1 N–H and O–H groups in total. The smallest absolute Gasteiger partial charge is 0.243 e. The SMILES string of the molecule is CCNC(=O)[C@@H](Cc1ccccc1)N(Cc1ccc(Cl)cc1)C(=O)Cc1ccc(C)cc1. The Morgan fingerprint density at radius 2 is 1.50 bits per heavy atom. The lowest BCUT2D eigenvalue weighted by molar-refractivity contribution is -0.140. The van der Waals surface area contributed by atoms with Gasteiger partial charge in [0.25, 0.3) is 0 Å². The zero-order chi connectivity index (χ0) is 22.9. The van der Waals surface area contributed by atoms with Crippen LogP contribution in [0.1, 0.15) is 29.2 Å². The summed E-state index contributed by atoms with van der Waals surface area (Å²) in [6, 6.07) is 24.5. The molecule has 0 saturated carbocycles. The molecule has 3 rings (SSSR count). The van der Waals surface area contributed by atoms with E-state index in [4.69, 9.17) is 11.6 Å². The first-order valence-electron chi connectivity index (χ1n) is 10.9. The number of rotatable bonds is 9. The van der Waals surface area contributed by atoms with Crippen molar-refractivity contribution in [1.82, 2.24) is 10.2 Å². The summed E-state index contributed by atoms with van der Waals surface area (Å²) in [6.45, 7) is 4.74. The van der Waals surface area contributed by atoms with Crippen molar-refractivity contribution in [2.24, 2.45) is 0 Å². The molecule has 3 aromatic carbocycles. The molecule has 166 valence electrons. The number of carbonyl (C=O) groups excluding carboxylic acids is 2. The quantitative estimate of drug-likeness (QED) is 0.502. The van der Waals surface area contributed by atoms with Gasteiger partial charge >= 0.3 is 0 Å². The fourth-order valence-corrected chi connectivity index (χ4v) is 3.74. The number of hydrogen-bond donors (Lipinski definition) is 1. The van der Waals surface area contributed by atoms with E-state index in [2.05, 4.69) is 5.32 Å². The Morgan fingerprint density at radius 3 is 2.12 bits per heavy atom. The van der Waals surface area contributed by atoms with Gasteiger partial charge in [0.05, 0.1) is 6.42 Å². The molecule has 0 heterocycles. The summed E-state index contributed by atoms with van der Waals surface area (Å²) in [6.07, 6.45) is 0.679. The minimum atomic E-state index is -0.619. The van der Waals surface area contributed by atoms with E-state index in [1.54, 1.807) is 17.0 Å². The number of aryl methyl sites for hydroxylation is 1. The zero-order valence-corrected chi connectivity index (χ0v) is 19.3. The highest BCUT2D eigenvalue weighted by molar-refractivity contribution is 6.30. The van der Waals surface area contributed by atoms with Crippen LogP contribution in [0.15, 0.2) is 78.9 Å². The van der Waals surface area contributed by atoms with Crippen LogP contribution in [-0.2, 0) is 29.0 Å². The number of amides is 2. The summed E-state index contributed by atoms with van der Waals surface area (Å²) >= 11 is 6.05. The minimum Gasteiger partial charge on any atom is -0.355 e. The summed E-state index contributed by atoms with van der Waals surface area (Å²) in [5.74, 6) is -0.237. The van der Waals surface area contributed by atoms with E-state index in [0.717, 1.165) is 22.3 Å². The van der Waals surface area contributed by atoms with Crippen molar-refractivity contribution < 1.29 is 9.59 Å². The molecule has 0 aromatic heterocycles. The number of likely N-dealkylation sites (N-methyl/N-ethyl adjacent to an activating group) is 1. The Hall–Kier alpha value is -3.11. The Morgan fingerprint density at radius 1 is 0.875 bits per heavy atom. The Labute approximate surface area is 195 Å². The third kappa shape index (κ3) is 6.69. The molecule has 0 fully saturated rings. The second-order valence-electron chi connectivity index (χ2n) is 7.91. The Bertz CT molecular complexity index is 1020. The van der Waals surface area contributed by atoms with Crippen molar-refractivity contribution >= 4 is 23.4 Å². The lowest BCUT2D eigenvalue weighted by Crippen LogP contribution is -2.50. The van der Waals surface area contributed by atoms with Gasteiger partial charge in [-0.15, -0.1) is 0 Å². The fourth-order valence-electron chi connectivity index (χ4n) is 3.61. The normalized spacial score (nSPS) is 11.6. The van der Waals surface area contributed by atoms with Crippen LogP contribution in [0.2, 0.25) is 5.02 Å². The first-order chi connectivity index (χ1) is 15.5. The first-order valence-corrected chi connectivity index (χ1v) is 11.2. The van der Waals surface area contributed by atoms with Crippen molar-refractivity contribution in [2.75, 3.05) is 6.54 Å². The van der Waals surface area contributed by atoms with Gasteiger partial charge in [-0.25, -0.2) is 0 Å². The van der Waals surface area contributed by atoms with Crippen LogP contribution >= 0.6 is 11.6 Å². The molecule has 3 aromatic rings. The van der Waals surface area contributed by atoms with Crippen molar-refractivity contribution in [3.8, 4) is 0 Å². The van der Waals surface area contributed by atoms with Crippen molar-refractivity contribution in [2.45, 2.75) is 39.3 Å². The maximum absolute atomic E-state index is 13.5. The molecule has 0 bridgehead atoms. The van der Waals surface area contributed by atoms with Gasteiger partial charge in [-0.3, -0.25) is 9.59 Å². The van der Waals surface area contributed by atoms with Crippen LogP contribution in [0.3, 0.4) is 0 Å². The molecule has 0 saturated heterocycles. The lowest BCUT2D eigenvalue weighted by atomic mass is 10.0. The van der Waals surface area contributed by atoms with E-state index >= 15 is 0 Å². The Balaban J connectivity index is 1.93. The average Bonchev–Trinajstić information content (AvgIpc) is 2.79. The van der Waals surface area contributed by atoms with Gasteiger partial charge in [0.15, 0.2) is 0 Å². The predicted molar refractivity (Wildman–Crippen MR) is 130 cm³/mol. The van der Waals surface area contributed by atoms with Crippen LogP contribution in [0, 0.1) is 6.92 Å². The highest BCUT2D eigenvalue weighted by Crippen LogP contribution is 2.18. The van der Waals surface area contributed by atoms with Crippen LogP contribution in [0.5, 0.6) is 0 Å². The fraction of sp³-hybridized carbons (Fsp3) is 0.259. The Kier molecular flexibility index (Phi) is 8.46. The third-order valence-electron chi connectivity index (χ3n) is 5.36. The van der Waals surface area contributed by atoms with Gasteiger partial charge in [0.1, 0.15) is 6.04 Å². The topological polar surface area (TPSA) is 49.4 Å². The lowest BCUT2D eigenvalue weighted by Gasteiger charge is -2.31. The number of nitrogens with zero attached hydrogens (tertiary/aromatic N) is 1. The van der Waals surface area contributed by atoms with Gasteiger partial charge in [-0.2, -0.15) is 0 Å². The zero-order valence-electron chi connectivity index (χ0n) is 18.6. The number of benzene rings is 3. The molecule has 0 aliphatic rings. The van der Waals surface area contributed by atoms with Gasteiger partial charge in [0.2, 0.25) is 11.8 Å². The third-order valence-corrected chi connectivity index (χ3v) is 5.62. The largest absolute Gasteiger partial charge is 0.355 e. The van der Waals surface area contributed by atoms with E-state index in [0.29, 0.717) is 24.5 Å². The molecule has 4 nitrogen and oxygen atoms in total. The maximum Gasteiger partial charge on any atom is 0.243 e. The summed E-state index contributed by atoms with van der Waals surface area (Å²) in [5.41, 5.74) is 4.00. The molecular weight excluding hydrogens is 420 g/mol. The second kappa shape index (κ2) is 11.5. The molecule has 0 unspecified atom stereocenters.